The number of nitrogens with zero attached hydrogens (tertiary/aromatic N) is 3. The quantitative estimate of drug-likeness (QED) is 0.397. The van der Waals surface area contributed by atoms with Crippen molar-refractivity contribution in [3.8, 4) is 22.1 Å². The van der Waals surface area contributed by atoms with Gasteiger partial charge in [-0.25, -0.2) is 0 Å². The number of benzene rings is 2. The molecule has 0 N–H and O–H groups in total. The molecule has 4 aromatic rings. The number of thioether (sulfide) groups is 1. The van der Waals surface area contributed by atoms with Crippen LogP contribution in [0.5, 0.6) is 5.75 Å². The summed E-state index contributed by atoms with van der Waals surface area (Å²) in [4.78, 5) is 1.12. The molecule has 0 aliphatic heterocycles. The molecule has 2 heterocycles. The number of methoxy groups -OCH3 is 1. The highest BCUT2D eigenvalue weighted by molar-refractivity contribution is 7.99. The van der Waals surface area contributed by atoms with E-state index >= 15 is 0 Å². The van der Waals surface area contributed by atoms with E-state index in [9.17, 15) is 0 Å². The fourth-order valence-corrected chi connectivity index (χ4v) is 4.43. The first-order valence-electron chi connectivity index (χ1n) is 8.65. The SMILES string of the molecule is COc1ccc(CCSc2nnc(-c3cccs3)n2-c2ccccc2)cc1. The number of aromatic nitrogens is 3. The maximum absolute atomic E-state index is 5.22. The Hall–Kier alpha value is -2.57. The Morgan fingerprint density at radius 2 is 1.78 bits per heavy atom. The van der Waals surface area contributed by atoms with Crippen LogP contribution in [0.3, 0.4) is 0 Å². The molecule has 0 fully saturated rings. The summed E-state index contributed by atoms with van der Waals surface area (Å²) in [6.45, 7) is 0. The van der Waals surface area contributed by atoms with Crippen LogP contribution in [-0.4, -0.2) is 27.6 Å². The first-order valence-corrected chi connectivity index (χ1v) is 10.5. The van der Waals surface area contributed by atoms with Crippen molar-refractivity contribution in [1.29, 1.82) is 0 Å². The number of thiophene rings is 1. The Morgan fingerprint density at radius 3 is 2.48 bits per heavy atom. The number of ether oxygens (including phenoxy) is 1. The minimum absolute atomic E-state index is 0.885. The molecule has 136 valence electrons. The van der Waals surface area contributed by atoms with Crippen LogP contribution in [-0.2, 0) is 6.42 Å². The van der Waals surface area contributed by atoms with Gasteiger partial charge in [0, 0.05) is 11.4 Å². The molecule has 0 saturated carbocycles. The second-order valence-electron chi connectivity index (χ2n) is 5.90. The van der Waals surface area contributed by atoms with E-state index in [4.69, 9.17) is 4.74 Å². The minimum Gasteiger partial charge on any atom is -0.497 e. The molecule has 0 unspecified atom stereocenters. The van der Waals surface area contributed by atoms with E-state index in [1.165, 1.54) is 5.56 Å². The third-order valence-corrected chi connectivity index (χ3v) is 5.97. The van der Waals surface area contributed by atoms with Gasteiger partial charge in [0.15, 0.2) is 11.0 Å². The first kappa shape index (κ1) is 17.8. The van der Waals surface area contributed by atoms with E-state index in [0.717, 1.165) is 39.5 Å². The van der Waals surface area contributed by atoms with Gasteiger partial charge in [-0.15, -0.1) is 21.5 Å². The summed E-state index contributed by atoms with van der Waals surface area (Å²) >= 11 is 3.41. The number of rotatable bonds is 7. The van der Waals surface area contributed by atoms with Gasteiger partial charge in [0.2, 0.25) is 0 Å². The number of hydrogen-bond acceptors (Lipinski definition) is 5. The molecule has 2 aromatic heterocycles. The molecule has 0 aliphatic carbocycles. The van der Waals surface area contributed by atoms with Crippen molar-refractivity contribution in [2.75, 3.05) is 12.9 Å². The average Bonchev–Trinajstić information content (AvgIpc) is 3.39. The van der Waals surface area contributed by atoms with Crippen LogP contribution in [0.1, 0.15) is 5.56 Å². The third kappa shape index (κ3) is 4.07. The first-order chi connectivity index (χ1) is 13.3. The van der Waals surface area contributed by atoms with Gasteiger partial charge in [0.1, 0.15) is 5.75 Å². The zero-order chi connectivity index (χ0) is 18.5. The van der Waals surface area contributed by atoms with E-state index in [1.54, 1.807) is 30.2 Å². The lowest BCUT2D eigenvalue weighted by molar-refractivity contribution is 0.414. The standard InChI is InChI=1S/C21H19N3OS2/c1-25-18-11-9-16(10-12-18)13-15-27-21-23-22-20(19-8-5-14-26-19)24(21)17-6-3-2-4-7-17/h2-12,14H,13,15H2,1H3. The maximum Gasteiger partial charge on any atom is 0.196 e. The topological polar surface area (TPSA) is 39.9 Å². The van der Waals surface area contributed by atoms with E-state index in [-0.39, 0.29) is 0 Å². The lowest BCUT2D eigenvalue weighted by Crippen LogP contribution is -1.99. The maximum atomic E-state index is 5.22. The Kier molecular flexibility index (Phi) is 5.55. The molecule has 0 atom stereocenters. The molecule has 0 spiro atoms. The predicted molar refractivity (Wildman–Crippen MR) is 112 cm³/mol. The molecule has 4 nitrogen and oxygen atoms in total. The van der Waals surface area contributed by atoms with E-state index < -0.39 is 0 Å². The molecule has 0 amide bonds. The van der Waals surface area contributed by atoms with E-state index in [2.05, 4.69) is 50.5 Å². The zero-order valence-electron chi connectivity index (χ0n) is 14.9. The number of hydrogen-bond donors (Lipinski definition) is 0. The summed E-state index contributed by atoms with van der Waals surface area (Å²) in [5.74, 6) is 2.71. The van der Waals surface area contributed by atoms with Crippen molar-refractivity contribution < 1.29 is 4.74 Å². The van der Waals surface area contributed by atoms with Gasteiger partial charge in [-0.05, 0) is 47.7 Å². The van der Waals surface area contributed by atoms with Crippen molar-refractivity contribution in [1.82, 2.24) is 14.8 Å². The van der Waals surface area contributed by atoms with Crippen LogP contribution in [0.25, 0.3) is 16.4 Å². The molecule has 0 aliphatic rings. The zero-order valence-corrected chi connectivity index (χ0v) is 16.5. The van der Waals surface area contributed by atoms with Gasteiger partial charge in [0.05, 0.1) is 12.0 Å². The van der Waals surface area contributed by atoms with Crippen LogP contribution in [0.2, 0.25) is 0 Å². The van der Waals surface area contributed by atoms with Gasteiger partial charge in [-0.1, -0.05) is 48.2 Å². The predicted octanol–water partition coefficient (Wildman–Crippen LogP) is 5.34. The fourth-order valence-electron chi connectivity index (χ4n) is 2.79. The molecule has 4 rings (SSSR count). The normalized spacial score (nSPS) is 10.9. The van der Waals surface area contributed by atoms with Crippen LogP contribution in [0.15, 0.2) is 77.3 Å². The molecule has 6 heteroatoms. The molecule has 0 bridgehead atoms. The second-order valence-corrected chi connectivity index (χ2v) is 7.91. The molecular weight excluding hydrogens is 374 g/mol. The Labute approximate surface area is 166 Å². The summed E-state index contributed by atoms with van der Waals surface area (Å²) in [6, 6.07) is 22.6. The van der Waals surface area contributed by atoms with Crippen molar-refractivity contribution in [2.24, 2.45) is 0 Å². The van der Waals surface area contributed by atoms with Crippen molar-refractivity contribution in [2.45, 2.75) is 11.6 Å². The highest BCUT2D eigenvalue weighted by Gasteiger charge is 2.16. The summed E-state index contributed by atoms with van der Waals surface area (Å²) in [5, 5.41) is 11.9. The highest BCUT2D eigenvalue weighted by atomic mass is 32.2. The van der Waals surface area contributed by atoms with E-state index in [0.29, 0.717) is 0 Å². The van der Waals surface area contributed by atoms with Gasteiger partial charge in [0.25, 0.3) is 0 Å². The van der Waals surface area contributed by atoms with Crippen molar-refractivity contribution in [3.05, 3.63) is 77.7 Å². The van der Waals surface area contributed by atoms with Crippen LogP contribution in [0.4, 0.5) is 0 Å². The monoisotopic (exact) mass is 393 g/mol. The van der Waals surface area contributed by atoms with Crippen molar-refractivity contribution in [3.63, 3.8) is 0 Å². The largest absolute Gasteiger partial charge is 0.497 e. The summed E-state index contributed by atoms with van der Waals surface area (Å²) in [7, 11) is 1.69. The lowest BCUT2D eigenvalue weighted by atomic mass is 10.2. The summed E-state index contributed by atoms with van der Waals surface area (Å²) < 4.78 is 7.36. The number of para-hydroxylation sites is 1. The lowest BCUT2D eigenvalue weighted by Gasteiger charge is -2.09. The van der Waals surface area contributed by atoms with Gasteiger partial charge in [-0.3, -0.25) is 4.57 Å². The van der Waals surface area contributed by atoms with Crippen LogP contribution >= 0.6 is 23.1 Å². The fraction of sp³-hybridized carbons (Fsp3) is 0.143. The number of aryl methyl sites for hydroxylation is 1. The summed E-state index contributed by atoms with van der Waals surface area (Å²) in [6.07, 6.45) is 0.963. The van der Waals surface area contributed by atoms with E-state index in [1.807, 2.05) is 36.4 Å². The Balaban J connectivity index is 1.55. The smallest absolute Gasteiger partial charge is 0.196 e. The second kappa shape index (κ2) is 8.41. The molecule has 0 saturated heterocycles. The van der Waals surface area contributed by atoms with Crippen LogP contribution < -0.4 is 4.74 Å². The summed E-state index contributed by atoms with van der Waals surface area (Å²) in [5.41, 5.74) is 2.37. The highest BCUT2D eigenvalue weighted by Crippen LogP contribution is 2.30. The third-order valence-electron chi connectivity index (χ3n) is 4.17. The molecule has 27 heavy (non-hydrogen) atoms. The molecule has 2 aromatic carbocycles. The van der Waals surface area contributed by atoms with Crippen LogP contribution in [0, 0.1) is 0 Å². The van der Waals surface area contributed by atoms with Gasteiger partial charge < -0.3 is 4.74 Å². The molecule has 0 radical (unpaired) electrons. The van der Waals surface area contributed by atoms with Gasteiger partial charge >= 0.3 is 0 Å². The van der Waals surface area contributed by atoms with Crippen molar-refractivity contribution >= 4 is 23.1 Å². The Bertz CT molecular complexity index is 980. The molecular formula is C21H19N3OS2. The van der Waals surface area contributed by atoms with Gasteiger partial charge in [-0.2, -0.15) is 0 Å². The average molecular weight is 394 g/mol. The minimum atomic E-state index is 0.885. The Morgan fingerprint density at radius 1 is 0.963 bits per heavy atom.